The number of esters is 1. The summed E-state index contributed by atoms with van der Waals surface area (Å²) in [5.74, 6) is 0.363. The first-order valence-corrected chi connectivity index (χ1v) is 7.92. The molecule has 2 heterocycles. The first-order chi connectivity index (χ1) is 9.69. The number of carbonyl (C=O) groups excluding carboxylic acids is 1. The van der Waals surface area contributed by atoms with E-state index in [4.69, 9.17) is 11.6 Å². The van der Waals surface area contributed by atoms with Gasteiger partial charge in [0.1, 0.15) is 15.8 Å². The highest BCUT2D eigenvalue weighted by atomic mass is 35.5. The van der Waals surface area contributed by atoms with Crippen molar-refractivity contribution in [3.8, 4) is 0 Å². The lowest BCUT2D eigenvalue weighted by molar-refractivity contribution is -0.140. The number of nitrogens with zero attached hydrogens (tertiary/aromatic N) is 2. The predicted octanol–water partition coefficient (Wildman–Crippen LogP) is 3.33. The third kappa shape index (κ3) is 2.52. The molecule has 0 saturated carbocycles. The molecule has 0 spiro atoms. The highest BCUT2D eigenvalue weighted by molar-refractivity contribution is 7.19. The van der Waals surface area contributed by atoms with Crippen molar-refractivity contribution in [2.75, 3.05) is 7.11 Å². The number of aryl methyl sites for hydroxylation is 3. The van der Waals surface area contributed by atoms with Crippen molar-refractivity contribution in [2.45, 2.75) is 38.5 Å². The van der Waals surface area contributed by atoms with E-state index in [0.29, 0.717) is 17.4 Å². The van der Waals surface area contributed by atoms with Crippen LogP contribution in [-0.4, -0.2) is 23.0 Å². The van der Waals surface area contributed by atoms with Crippen molar-refractivity contribution in [1.29, 1.82) is 0 Å². The van der Waals surface area contributed by atoms with Crippen molar-refractivity contribution in [2.24, 2.45) is 0 Å². The maximum atomic E-state index is 11.2. The molecule has 0 aliphatic heterocycles. The number of fused-ring (bicyclic) bond motifs is 3. The zero-order valence-electron chi connectivity index (χ0n) is 11.2. The molecule has 0 radical (unpaired) electrons. The van der Waals surface area contributed by atoms with E-state index in [9.17, 15) is 4.79 Å². The minimum Gasteiger partial charge on any atom is -0.469 e. The van der Waals surface area contributed by atoms with Crippen LogP contribution in [0, 0.1) is 0 Å². The summed E-state index contributed by atoms with van der Waals surface area (Å²) < 4.78 is 4.63. The van der Waals surface area contributed by atoms with Gasteiger partial charge in [-0.2, -0.15) is 0 Å². The molecule has 0 atom stereocenters. The number of rotatable bonds is 3. The maximum Gasteiger partial charge on any atom is 0.305 e. The number of hydrogen-bond donors (Lipinski definition) is 0. The van der Waals surface area contributed by atoms with E-state index in [0.717, 1.165) is 23.1 Å². The molecule has 1 aliphatic rings. The summed E-state index contributed by atoms with van der Waals surface area (Å²) in [6, 6.07) is 0. The van der Waals surface area contributed by atoms with Gasteiger partial charge in [-0.15, -0.1) is 11.3 Å². The van der Waals surface area contributed by atoms with E-state index in [1.54, 1.807) is 11.3 Å². The summed E-state index contributed by atoms with van der Waals surface area (Å²) in [6.07, 6.45) is 5.37. The average molecular weight is 311 g/mol. The molecule has 3 rings (SSSR count). The van der Waals surface area contributed by atoms with Gasteiger partial charge in [-0.3, -0.25) is 4.79 Å². The number of ether oxygens (including phenoxy) is 1. The van der Waals surface area contributed by atoms with E-state index in [2.05, 4.69) is 14.7 Å². The first kappa shape index (κ1) is 13.8. The molecule has 0 amide bonds. The van der Waals surface area contributed by atoms with Crippen LogP contribution in [0.4, 0.5) is 0 Å². The minimum absolute atomic E-state index is 0.254. The highest BCUT2D eigenvalue weighted by Crippen LogP contribution is 2.38. The quantitative estimate of drug-likeness (QED) is 0.644. The van der Waals surface area contributed by atoms with Gasteiger partial charge in [0, 0.05) is 11.3 Å². The second-order valence-electron chi connectivity index (χ2n) is 4.90. The van der Waals surface area contributed by atoms with Crippen molar-refractivity contribution in [1.82, 2.24) is 9.97 Å². The first-order valence-electron chi connectivity index (χ1n) is 6.72. The van der Waals surface area contributed by atoms with Crippen LogP contribution in [0.25, 0.3) is 10.2 Å². The second kappa shape index (κ2) is 5.66. The van der Waals surface area contributed by atoms with Gasteiger partial charge in [-0.05, 0) is 31.2 Å². The summed E-state index contributed by atoms with van der Waals surface area (Å²) in [6.45, 7) is 0. The minimum atomic E-state index is -0.254. The number of carbonyl (C=O) groups is 1. The Kier molecular flexibility index (Phi) is 3.89. The molecule has 2 aromatic heterocycles. The van der Waals surface area contributed by atoms with Gasteiger partial charge in [0.25, 0.3) is 0 Å². The number of aromatic nitrogens is 2. The van der Waals surface area contributed by atoms with Crippen LogP contribution >= 0.6 is 22.9 Å². The summed E-state index contributed by atoms with van der Waals surface area (Å²) >= 11 is 8.05. The molecule has 0 unspecified atom stereocenters. The third-order valence-electron chi connectivity index (χ3n) is 3.60. The topological polar surface area (TPSA) is 52.1 Å². The van der Waals surface area contributed by atoms with Gasteiger partial charge in [0.05, 0.1) is 18.9 Å². The standard InChI is InChI=1S/C14H15ClN2O2S/c1-19-11(18)7-6-10-16-13(15)12-8-4-2-3-5-9(8)20-14(12)17-10/h2-7H2,1H3. The fraction of sp³-hybridized carbons (Fsp3) is 0.500. The Bertz CT molecular complexity index is 669. The van der Waals surface area contributed by atoms with E-state index in [-0.39, 0.29) is 12.4 Å². The molecule has 4 nitrogen and oxygen atoms in total. The average Bonchev–Trinajstić information content (AvgIpc) is 2.83. The molecule has 0 fully saturated rings. The third-order valence-corrected chi connectivity index (χ3v) is 5.06. The predicted molar refractivity (Wildman–Crippen MR) is 79.4 cm³/mol. The Hall–Kier alpha value is -1.20. The summed E-state index contributed by atoms with van der Waals surface area (Å²) in [4.78, 5) is 22.4. The zero-order chi connectivity index (χ0) is 14.1. The molecule has 1 aliphatic carbocycles. The second-order valence-corrected chi connectivity index (χ2v) is 6.34. The van der Waals surface area contributed by atoms with Gasteiger partial charge in [0.15, 0.2) is 0 Å². The SMILES string of the molecule is COC(=O)CCc1nc(Cl)c2c3c(sc2n1)CCCC3. The molecular weight excluding hydrogens is 296 g/mol. The van der Waals surface area contributed by atoms with Crippen LogP contribution in [0.5, 0.6) is 0 Å². The van der Waals surface area contributed by atoms with Crippen LogP contribution < -0.4 is 0 Å². The van der Waals surface area contributed by atoms with E-state index >= 15 is 0 Å². The molecule has 0 aromatic carbocycles. The summed E-state index contributed by atoms with van der Waals surface area (Å²) in [5.41, 5.74) is 1.33. The van der Waals surface area contributed by atoms with E-state index in [1.807, 2.05) is 0 Å². The van der Waals surface area contributed by atoms with Gasteiger partial charge >= 0.3 is 5.97 Å². The van der Waals surface area contributed by atoms with Gasteiger partial charge in [-0.1, -0.05) is 11.6 Å². The monoisotopic (exact) mass is 310 g/mol. The van der Waals surface area contributed by atoms with Crippen molar-refractivity contribution < 1.29 is 9.53 Å². The fourth-order valence-corrected chi connectivity index (χ4v) is 4.22. The van der Waals surface area contributed by atoms with Crippen LogP contribution in [0.1, 0.15) is 35.5 Å². The Balaban J connectivity index is 1.95. The van der Waals surface area contributed by atoms with Crippen molar-refractivity contribution >= 4 is 39.1 Å². The Morgan fingerprint density at radius 1 is 1.35 bits per heavy atom. The molecule has 0 saturated heterocycles. The van der Waals surface area contributed by atoms with Gasteiger partial charge in [0.2, 0.25) is 0 Å². The maximum absolute atomic E-state index is 11.2. The van der Waals surface area contributed by atoms with E-state index in [1.165, 1.54) is 30.4 Å². The van der Waals surface area contributed by atoms with Crippen LogP contribution in [0.2, 0.25) is 5.15 Å². The normalized spacial score (nSPS) is 14.3. The molecule has 2 aromatic rings. The molecule has 6 heteroatoms. The van der Waals surface area contributed by atoms with Crippen LogP contribution in [0.3, 0.4) is 0 Å². The summed E-state index contributed by atoms with van der Waals surface area (Å²) in [7, 11) is 1.38. The Morgan fingerprint density at radius 2 is 2.15 bits per heavy atom. The van der Waals surface area contributed by atoms with Crippen molar-refractivity contribution in [3.63, 3.8) is 0 Å². The van der Waals surface area contributed by atoms with Crippen LogP contribution in [-0.2, 0) is 28.8 Å². The Morgan fingerprint density at radius 3 is 2.95 bits per heavy atom. The van der Waals surface area contributed by atoms with Gasteiger partial charge in [-0.25, -0.2) is 9.97 Å². The molecule has 106 valence electrons. The van der Waals surface area contributed by atoms with E-state index < -0.39 is 0 Å². The largest absolute Gasteiger partial charge is 0.469 e. The lowest BCUT2D eigenvalue weighted by atomic mass is 9.97. The number of thiophene rings is 1. The molecule has 0 N–H and O–H groups in total. The lowest BCUT2D eigenvalue weighted by Crippen LogP contribution is -2.05. The molecule has 20 heavy (non-hydrogen) atoms. The number of halogens is 1. The number of methoxy groups -OCH3 is 1. The lowest BCUT2D eigenvalue weighted by Gasteiger charge is -2.10. The molecule has 0 bridgehead atoms. The fourth-order valence-electron chi connectivity index (χ4n) is 2.58. The summed E-state index contributed by atoms with van der Waals surface area (Å²) in [5, 5.41) is 1.54. The molecular formula is C14H15ClN2O2S. The Labute approximate surface area is 126 Å². The highest BCUT2D eigenvalue weighted by Gasteiger charge is 2.20. The van der Waals surface area contributed by atoms with Crippen molar-refractivity contribution in [3.05, 3.63) is 21.4 Å². The van der Waals surface area contributed by atoms with Gasteiger partial charge < -0.3 is 4.74 Å². The van der Waals surface area contributed by atoms with Crippen LogP contribution in [0.15, 0.2) is 0 Å². The number of hydrogen-bond acceptors (Lipinski definition) is 5. The zero-order valence-corrected chi connectivity index (χ0v) is 12.8. The smallest absolute Gasteiger partial charge is 0.305 e.